The van der Waals surface area contributed by atoms with Crippen molar-refractivity contribution in [1.82, 2.24) is 0 Å². The number of nitro benzene ring substituents is 1. The lowest BCUT2D eigenvalue weighted by molar-refractivity contribution is -0.384. The number of rotatable bonds is 5. The molecule has 2 rings (SSSR count). The zero-order chi connectivity index (χ0) is 15.4. The highest BCUT2D eigenvalue weighted by atomic mass is 32.2. The molecule has 0 amide bonds. The molecule has 0 radical (unpaired) electrons. The van der Waals surface area contributed by atoms with Crippen LogP contribution in [-0.4, -0.2) is 23.1 Å². The number of methoxy groups -OCH3 is 1. The maximum absolute atomic E-state index is 11.1. The van der Waals surface area contributed by atoms with Crippen LogP contribution in [0.4, 0.5) is 5.69 Å². The Morgan fingerprint density at radius 3 is 2.33 bits per heavy atom. The van der Waals surface area contributed by atoms with Gasteiger partial charge in [-0.2, -0.15) is 0 Å². The lowest BCUT2D eigenvalue weighted by Crippen LogP contribution is -2.00. The molecule has 0 atom stereocenters. The SMILES string of the molecule is COc1ccc(Sc2ccc([N+](=O)[O-])cc2)cc1C(=O)O. The summed E-state index contributed by atoms with van der Waals surface area (Å²) < 4.78 is 4.99. The predicted octanol–water partition coefficient (Wildman–Crippen LogP) is 3.45. The molecule has 2 aromatic carbocycles. The Kier molecular flexibility index (Phi) is 4.44. The molecule has 1 N–H and O–H groups in total. The Morgan fingerprint density at radius 2 is 1.81 bits per heavy atom. The minimum atomic E-state index is -1.07. The van der Waals surface area contributed by atoms with Crippen LogP contribution in [0, 0.1) is 10.1 Å². The highest BCUT2D eigenvalue weighted by molar-refractivity contribution is 7.99. The van der Waals surface area contributed by atoms with Crippen LogP contribution in [0.2, 0.25) is 0 Å². The summed E-state index contributed by atoms with van der Waals surface area (Å²) in [5.74, 6) is -0.784. The average Bonchev–Trinajstić information content (AvgIpc) is 2.47. The number of nitrogens with zero attached hydrogens (tertiary/aromatic N) is 1. The number of non-ortho nitro benzene ring substituents is 1. The van der Waals surface area contributed by atoms with Crippen molar-refractivity contribution in [3.63, 3.8) is 0 Å². The summed E-state index contributed by atoms with van der Waals surface area (Å²) in [5, 5.41) is 19.7. The van der Waals surface area contributed by atoms with Crippen LogP contribution < -0.4 is 4.74 Å². The zero-order valence-electron chi connectivity index (χ0n) is 11.0. The Balaban J connectivity index is 2.25. The molecule has 7 heteroatoms. The molecule has 0 unspecified atom stereocenters. The molecule has 0 saturated heterocycles. The molecule has 0 aliphatic rings. The van der Waals surface area contributed by atoms with E-state index in [9.17, 15) is 14.9 Å². The standard InChI is InChI=1S/C14H11NO5S/c1-20-13-7-6-11(8-12(13)14(16)17)21-10-4-2-9(3-5-10)15(18)19/h2-8H,1H3,(H,16,17). The Hall–Kier alpha value is -2.54. The van der Waals surface area contributed by atoms with E-state index in [-0.39, 0.29) is 17.0 Å². The van der Waals surface area contributed by atoms with Crippen LogP contribution in [-0.2, 0) is 0 Å². The molecule has 108 valence electrons. The van der Waals surface area contributed by atoms with Gasteiger partial charge in [-0.1, -0.05) is 11.8 Å². The molecule has 0 aliphatic heterocycles. The molecule has 2 aromatic rings. The lowest BCUT2D eigenvalue weighted by atomic mass is 10.2. The van der Waals surface area contributed by atoms with Crippen LogP contribution in [0.1, 0.15) is 10.4 Å². The van der Waals surface area contributed by atoms with Crippen LogP contribution in [0.3, 0.4) is 0 Å². The van der Waals surface area contributed by atoms with Gasteiger partial charge in [-0.05, 0) is 30.3 Å². The van der Waals surface area contributed by atoms with Crippen molar-refractivity contribution in [1.29, 1.82) is 0 Å². The quantitative estimate of drug-likeness (QED) is 0.672. The number of nitro groups is 1. The number of carboxylic acids is 1. The summed E-state index contributed by atoms with van der Waals surface area (Å²) in [7, 11) is 1.41. The summed E-state index contributed by atoms with van der Waals surface area (Å²) in [4.78, 5) is 22.7. The molecular weight excluding hydrogens is 294 g/mol. The molecular formula is C14H11NO5S. The van der Waals surface area contributed by atoms with Crippen LogP contribution in [0.5, 0.6) is 5.75 Å². The number of carboxylic acid groups (broad SMARTS) is 1. The van der Waals surface area contributed by atoms with Gasteiger partial charge in [0.1, 0.15) is 11.3 Å². The van der Waals surface area contributed by atoms with Gasteiger partial charge < -0.3 is 9.84 Å². The fraction of sp³-hybridized carbons (Fsp3) is 0.0714. The molecule has 0 aliphatic carbocycles. The minimum absolute atomic E-state index is 0.0142. The highest BCUT2D eigenvalue weighted by Crippen LogP contribution is 2.32. The third kappa shape index (κ3) is 3.51. The van der Waals surface area contributed by atoms with Gasteiger partial charge in [0.15, 0.2) is 0 Å². The van der Waals surface area contributed by atoms with Gasteiger partial charge in [-0.25, -0.2) is 4.79 Å². The van der Waals surface area contributed by atoms with Gasteiger partial charge in [0.05, 0.1) is 12.0 Å². The largest absolute Gasteiger partial charge is 0.496 e. The maximum Gasteiger partial charge on any atom is 0.339 e. The minimum Gasteiger partial charge on any atom is -0.496 e. The molecule has 0 heterocycles. The number of hydrogen-bond acceptors (Lipinski definition) is 5. The van der Waals surface area contributed by atoms with Crippen molar-refractivity contribution in [3.05, 3.63) is 58.1 Å². The molecule has 0 saturated carbocycles. The zero-order valence-corrected chi connectivity index (χ0v) is 11.8. The van der Waals surface area contributed by atoms with E-state index in [1.807, 2.05) is 0 Å². The van der Waals surface area contributed by atoms with Crippen molar-refractivity contribution < 1.29 is 19.6 Å². The number of carbonyl (C=O) groups is 1. The summed E-state index contributed by atoms with van der Waals surface area (Å²) in [5.41, 5.74) is 0.0877. The number of benzene rings is 2. The number of ether oxygens (including phenoxy) is 1. The Morgan fingerprint density at radius 1 is 1.19 bits per heavy atom. The van der Waals surface area contributed by atoms with Crippen molar-refractivity contribution in [3.8, 4) is 5.75 Å². The van der Waals surface area contributed by atoms with Gasteiger partial charge in [-0.15, -0.1) is 0 Å². The third-order valence-electron chi connectivity index (χ3n) is 2.68. The van der Waals surface area contributed by atoms with E-state index in [0.717, 1.165) is 4.90 Å². The molecule has 0 bridgehead atoms. The Bertz CT molecular complexity index is 684. The molecule has 0 aromatic heterocycles. The van der Waals surface area contributed by atoms with E-state index in [4.69, 9.17) is 9.84 Å². The molecule has 6 nitrogen and oxygen atoms in total. The first kappa shape index (κ1) is 14.9. The second-order valence-corrected chi connectivity index (χ2v) is 5.17. The summed E-state index contributed by atoms with van der Waals surface area (Å²) >= 11 is 1.32. The number of hydrogen-bond donors (Lipinski definition) is 1. The van der Waals surface area contributed by atoms with Crippen molar-refractivity contribution in [2.24, 2.45) is 0 Å². The Labute approximate surface area is 124 Å². The van der Waals surface area contributed by atoms with Crippen molar-refractivity contribution in [2.75, 3.05) is 7.11 Å². The monoisotopic (exact) mass is 305 g/mol. The maximum atomic E-state index is 11.1. The van der Waals surface area contributed by atoms with E-state index in [1.165, 1.54) is 37.1 Å². The normalized spacial score (nSPS) is 10.1. The third-order valence-corrected chi connectivity index (χ3v) is 3.68. The number of aromatic carboxylic acids is 1. The second kappa shape index (κ2) is 6.27. The van der Waals surface area contributed by atoms with E-state index in [1.54, 1.807) is 24.3 Å². The van der Waals surface area contributed by atoms with E-state index < -0.39 is 10.9 Å². The van der Waals surface area contributed by atoms with E-state index in [2.05, 4.69) is 0 Å². The first-order valence-electron chi connectivity index (χ1n) is 5.85. The van der Waals surface area contributed by atoms with Crippen LogP contribution >= 0.6 is 11.8 Å². The van der Waals surface area contributed by atoms with E-state index >= 15 is 0 Å². The first-order valence-corrected chi connectivity index (χ1v) is 6.66. The molecule has 21 heavy (non-hydrogen) atoms. The van der Waals surface area contributed by atoms with Gasteiger partial charge >= 0.3 is 5.97 Å². The fourth-order valence-corrected chi connectivity index (χ4v) is 2.55. The second-order valence-electron chi connectivity index (χ2n) is 4.02. The lowest BCUT2D eigenvalue weighted by Gasteiger charge is -2.07. The topological polar surface area (TPSA) is 89.7 Å². The summed E-state index contributed by atoms with van der Waals surface area (Å²) in [6, 6.07) is 10.9. The predicted molar refractivity (Wildman–Crippen MR) is 77.2 cm³/mol. The molecule has 0 fully saturated rings. The smallest absolute Gasteiger partial charge is 0.339 e. The average molecular weight is 305 g/mol. The van der Waals surface area contributed by atoms with Crippen LogP contribution in [0.25, 0.3) is 0 Å². The van der Waals surface area contributed by atoms with Gasteiger partial charge in [0.2, 0.25) is 0 Å². The van der Waals surface area contributed by atoms with Gasteiger partial charge in [0.25, 0.3) is 5.69 Å². The summed E-state index contributed by atoms with van der Waals surface area (Å²) in [6.45, 7) is 0. The van der Waals surface area contributed by atoms with Gasteiger partial charge in [-0.3, -0.25) is 10.1 Å². The molecule has 0 spiro atoms. The highest BCUT2D eigenvalue weighted by Gasteiger charge is 2.12. The van der Waals surface area contributed by atoms with E-state index in [0.29, 0.717) is 4.90 Å². The summed E-state index contributed by atoms with van der Waals surface area (Å²) in [6.07, 6.45) is 0. The van der Waals surface area contributed by atoms with Crippen molar-refractivity contribution in [2.45, 2.75) is 9.79 Å². The van der Waals surface area contributed by atoms with Gasteiger partial charge in [0, 0.05) is 21.9 Å². The first-order chi connectivity index (χ1) is 10.0. The fourth-order valence-electron chi connectivity index (χ4n) is 1.69. The van der Waals surface area contributed by atoms with Crippen molar-refractivity contribution >= 4 is 23.4 Å². The van der Waals surface area contributed by atoms with Crippen LogP contribution in [0.15, 0.2) is 52.3 Å².